The van der Waals surface area contributed by atoms with Crippen molar-refractivity contribution in [3.05, 3.63) is 34.5 Å². The van der Waals surface area contributed by atoms with Gasteiger partial charge in [0.15, 0.2) is 0 Å². The van der Waals surface area contributed by atoms with Gasteiger partial charge in [0.1, 0.15) is 11.5 Å². The molecule has 20 heavy (non-hydrogen) atoms. The lowest BCUT2D eigenvalue weighted by Crippen LogP contribution is -2.39. The molecule has 0 saturated carbocycles. The molecule has 1 spiro atoms. The van der Waals surface area contributed by atoms with Crippen LogP contribution in [0.25, 0.3) is 0 Å². The minimum Gasteiger partial charge on any atom is -0.481 e. The van der Waals surface area contributed by atoms with Gasteiger partial charge in [-0.05, 0) is 11.4 Å². The fourth-order valence-electron chi connectivity index (χ4n) is 3.58. The number of nitrogens with zero attached hydrogens (tertiary/aromatic N) is 1. The highest BCUT2D eigenvalue weighted by Gasteiger charge is 2.66. The summed E-state index contributed by atoms with van der Waals surface area (Å²) in [4.78, 5) is 26.8. The third-order valence-electron chi connectivity index (χ3n) is 4.39. The minimum atomic E-state index is -0.947. The van der Waals surface area contributed by atoms with Gasteiger partial charge in [0.25, 0.3) is 0 Å². The third-order valence-corrected chi connectivity index (χ3v) is 5.25. The molecule has 2 saturated heterocycles. The maximum Gasteiger partial charge on any atom is 0.310 e. The largest absolute Gasteiger partial charge is 0.481 e. The second kappa shape index (κ2) is 3.93. The average molecular weight is 291 g/mol. The Morgan fingerprint density at radius 1 is 1.60 bits per heavy atom. The highest BCUT2D eigenvalue weighted by Crippen LogP contribution is 2.52. The molecule has 104 valence electrons. The van der Waals surface area contributed by atoms with Crippen molar-refractivity contribution in [1.29, 1.82) is 0 Å². The Labute approximate surface area is 119 Å². The van der Waals surface area contributed by atoms with Crippen LogP contribution < -0.4 is 0 Å². The number of ether oxygens (including phenoxy) is 1. The number of hydrogen-bond acceptors (Lipinski definition) is 4. The summed E-state index contributed by atoms with van der Waals surface area (Å²) >= 11 is 1.59. The molecular weight excluding hydrogens is 278 g/mol. The van der Waals surface area contributed by atoms with E-state index in [9.17, 15) is 14.7 Å². The SMILES string of the molecule is O=C(O)[C@H]1[C@H]2C=C[C@]3(CN(Cc4cccs4)C(=O)[C@@H]13)O2. The number of amides is 1. The van der Waals surface area contributed by atoms with Crippen molar-refractivity contribution in [2.45, 2.75) is 18.2 Å². The molecule has 3 aliphatic heterocycles. The van der Waals surface area contributed by atoms with E-state index in [2.05, 4.69) is 0 Å². The Bertz CT molecular complexity index is 611. The first-order valence-corrected chi connectivity index (χ1v) is 7.40. The Hall–Kier alpha value is -1.66. The van der Waals surface area contributed by atoms with Gasteiger partial charge in [-0.15, -0.1) is 11.3 Å². The van der Waals surface area contributed by atoms with Crippen LogP contribution in [0.1, 0.15) is 4.88 Å². The highest BCUT2D eigenvalue weighted by molar-refractivity contribution is 7.09. The van der Waals surface area contributed by atoms with Crippen LogP contribution in [0.2, 0.25) is 0 Å². The molecule has 4 rings (SSSR count). The summed E-state index contributed by atoms with van der Waals surface area (Å²) in [5.74, 6) is -2.37. The lowest BCUT2D eigenvalue weighted by Gasteiger charge is -2.21. The summed E-state index contributed by atoms with van der Waals surface area (Å²) in [7, 11) is 0. The van der Waals surface area contributed by atoms with Gasteiger partial charge >= 0.3 is 5.97 Å². The van der Waals surface area contributed by atoms with E-state index < -0.39 is 29.5 Å². The summed E-state index contributed by atoms with van der Waals surface area (Å²) in [6, 6.07) is 3.92. The van der Waals surface area contributed by atoms with Crippen LogP contribution in [0.5, 0.6) is 0 Å². The van der Waals surface area contributed by atoms with E-state index >= 15 is 0 Å². The molecule has 3 aliphatic rings. The average Bonchev–Trinajstić information content (AvgIpc) is 3.12. The van der Waals surface area contributed by atoms with Crippen LogP contribution in [0.3, 0.4) is 0 Å². The van der Waals surface area contributed by atoms with E-state index in [0.717, 1.165) is 4.88 Å². The summed E-state index contributed by atoms with van der Waals surface area (Å²) < 4.78 is 5.83. The van der Waals surface area contributed by atoms with Gasteiger partial charge in [-0.1, -0.05) is 18.2 Å². The van der Waals surface area contributed by atoms with Crippen LogP contribution >= 0.6 is 11.3 Å². The second-order valence-corrected chi connectivity index (χ2v) is 6.54. The molecular formula is C14H13NO4S. The van der Waals surface area contributed by atoms with Crippen LogP contribution in [0, 0.1) is 11.8 Å². The molecule has 2 fully saturated rings. The molecule has 4 heterocycles. The number of likely N-dealkylation sites (tertiary alicyclic amines) is 1. The van der Waals surface area contributed by atoms with Gasteiger partial charge in [-0.25, -0.2) is 0 Å². The molecule has 2 bridgehead atoms. The van der Waals surface area contributed by atoms with Crippen LogP contribution in [0.4, 0.5) is 0 Å². The van der Waals surface area contributed by atoms with E-state index in [1.165, 1.54) is 0 Å². The van der Waals surface area contributed by atoms with Crippen molar-refractivity contribution in [3.8, 4) is 0 Å². The molecule has 6 heteroatoms. The topological polar surface area (TPSA) is 66.8 Å². The molecule has 0 aromatic carbocycles. The van der Waals surface area contributed by atoms with Crippen LogP contribution in [-0.2, 0) is 20.9 Å². The van der Waals surface area contributed by atoms with Crippen molar-refractivity contribution in [3.63, 3.8) is 0 Å². The number of thiophene rings is 1. The number of fused-ring (bicyclic) bond motifs is 1. The van der Waals surface area contributed by atoms with Gasteiger partial charge in [0.05, 0.1) is 25.1 Å². The van der Waals surface area contributed by atoms with Crippen molar-refractivity contribution in [1.82, 2.24) is 4.90 Å². The van der Waals surface area contributed by atoms with Crippen molar-refractivity contribution >= 4 is 23.2 Å². The summed E-state index contributed by atoms with van der Waals surface area (Å²) in [6.07, 6.45) is 3.22. The van der Waals surface area contributed by atoms with Crippen molar-refractivity contribution < 1.29 is 19.4 Å². The predicted molar refractivity (Wildman–Crippen MR) is 71.1 cm³/mol. The van der Waals surface area contributed by atoms with Gasteiger partial charge < -0.3 is 14.7 Å². The number of rotatable bonds is 3. The third kappa shape index (κ3) is 1.46. The smallest absolute Gasteiger partial charge is 0.310 e. The van der Waals surface area contributed by atoms with E-state index in [0.29, 0.717) is 13.1 Å². The number of hydrogen-bond donors (Lipinski definition) is 1. The van der Waals surface area contributed by atoms with E-state index in [1.807, 2.05) is 23.6 Å². The molecule has 0 unspecified atom stereocenters. The van der Waals surface area contributed by atoms with Gasteiger partial charge in [0, 0.05) is 4.88 Å². The first kappa shape index (κ1) is 12.1. The zero-order valence-corrected chi connectivity index (χ0v) is 11.4. The number of carboxylic acids is 1. The van der Waals surface area contributed by atoms with Crippen LogP contribution in [0.15, 0.2) is 29.7 Å². The number of carbonyl (C=O) groups is 2. The molecule has 0 aliphatic carbocycles. The van der Waals surface area contributed by atoms with E-state index in [-0.39, 0.29) is 5.91 Å². The zero-order chi connectivity index (χ0) is 13.9. The molecule has 1 N–H and O–H groups in total. The summed E-state index contributed by atoms with van der Waals surface area (Å²) in [5.41, 5.74) is -0.720. The molecule has 4 atom stereocenters. The lowest BCUT2D eigenvalue weighted by atomic mass is 9.77. The van der Waals surface area contributed by atoms with Gasteiger partial charge in [-0.3, -0.25) is 9.59 Å². The fraction of sp³-hybridized carbons (Fsp3) is 0.429. The highest BCUT2D eigenvalue weighted by atomic mass is 32.1. The molecule has 1 aromatic rings. The summed E-state index contributed by atoms with van der Waals surface area (Å²) in [5, 5.41) is 11.3. The second-order valence-electron chi connectivity index (χ2n) is 5.51. The standard InChI is InChI=1S/C14H13NO4S/c16-12-11-10(13(17)18)9-3-4-14(11,19-9)7-15(12)6-8-2-1-5-20-8/h1-5,9-11H,6-7H2,(H,17,18)/t9-,10+,11-,14-/m1/s1. The van der Waals surface area contributed by atoms with Crippen LogP contribution in [-0.4, -0.2) is 40.1 Å². The Balaban J connectivity index is 1.65. The number of aliphatic carboxylic acids is 1. The van der Waals surface area contributed by atoms with Gasteiger partial charge in [0.2, 0.25) is 5.91 Å². The predicted octanol–water partition coefficient (Wildman–Crippen LogP) is 1.11. The monoisotopic (exact) mass is 291 g/mol. The van der Waals surface area contributed by atoms with Gasteiger partial charge in [-0.2, -0.15) is 0 Å². The Morgan fingerprint density at radius 2 is 2.45 bits per heavy atom. The Morgan fingerprint density at radius 3 is 3.15 bits per heavy atom. The fourth-order valence-corrected chi connectivity index (χ4v) is 4.30. The molecule has 5 nitrogen and oxygen atoms in total. The first-order valence-electron chi connectivity index (χ1n) is 6.52. The first-order chi connectivity index (χ1) is 9.61. The quantitative estimate of drug-likeness (QED) is 0.847. The normalized spacial score (nSPS) is 37.7. The molecule has 1 aromatic heterocycles. The Kier molecular flexibility index (Phi) is 2.38. The maximum atomic E-state index is 12.6. The minimum absolute atomic E-state index is 0.0994. The molecule has 0 radical (unpaired) electrons. The summed E-state index contributed by atoms with van der Waals surface area (Å²) in [6.45, 7) is 0.980. The number of carbonyl (C=O) groups excluding carboxylic acids is 1. The van der Waals surface area contributed by atoms with Crippen molar-refractivity contribution in [2.75, 3.05) is 6.54 Å². The lowest BCUT2D eigenvalue weighted by molar-refractivity contribution is -0.148. The zero-order valence-electron chi connectivity index (χ0n) is 10.6. The van der Waals surface area contributed by atoms with E-state index in [1.54, 1.807) is 22.3 Å². The van der Waals surface area contributed by atoms with E-state index in [4.69, 9.17) is 4.74 Å². The van der Waals surface area contributed by atoms with Crippen molar-refractivity contribution in [2.24, 2.45) is 11.8 Å². The maximum absolute atomic E-state index is 12.6. The number of carboxylic acid groups (broad SMARTS) is 1. The molecule has 1 amide bonds.